The summed E-state index contributed by atoms with van der Waals surface area (Å²) < 4.78 is 0. The van der Waals surface area contributed by atoms with E-state index in [9.17, 15) is 0 Å². The molecule has 0 N–H and O–H groups in total. The maximum atomic E-state index is 5.78. The van der Waals surface area contributed by atoms with Crippen molar-refractivity contribution >= 4 is 11.6 Å². The molecule has 14 heavy (non-hydrogen) atoms. The number of hydrogen-bond acceptors (Lipinski definition) is 1. The van der Waals surface area contributed by atoms with E-state index in [1.807, 2.05) is 0 Å². The first-order valence-electron chi connectivity index (χ1n) is 5.78. The third-order valence-electron chi connectivity index (χ3n) is 3.74. The zero-order valence-corrected chi connectivity index (χ0v) is 9.60. The normalized spacial score (nSPS) is 32.9. The first kappa shape index (κ1) is 10.5. The van der Waals surface area contributed by atoms with Gasteiger partial charge in [-0.15, -0.1) is 11.6 Å². The van der Waals surface area contributed by atoms with Crippen molar-refractivity contribution in [3.63, 3.8) is 0 Å². The summed E-state index contributed by atoms with van der Waals surface area (Å²) in [6.07, 6.45) is 7.13. The van der Waals surface area contributed by atoms with Crippen LogP contribution in [0.5, 0.6) is 0 Å². The van der Waals surface area contributed by atoms with Crippen molar-refractivity contribution in [2.24, 2.45) is 5.92 Å². The standard InChI is InChI=1S/C12H20ClN/c1-10(8-13)9-14-7-6-11-4-2-3-5-12(11)14/h11-12H,1-9H2/t11-,12-/m0/s1. The monoisotopic (exact) mass is 213 g/mol. The van der Waals surface area contributed by atoms with Gasteiger partial charge in [0.2, 0.25) is 0 Å². The minimum Gasteiger partial charge on any atom is -0.296 e. The van der Waals surface area contributed by atoms with Crippen molar-refractivity contribution in [3.05, 3.63) is 12.2 Å². The molecule has 1 saturated heterocycles. The van der Waals surface area contributed by atoms with Gasteiger partial charge in [-0.2, -0.15) is 0 Å². The summed E-state index contributed by atoms with van der Waals surface area (Å²) in [4.78, 5) is 2.61. The Labute approximate surface area is 92.1 Å². The average molecular weight is 214 g/mol. The Hall–Kier alpha value is -0.0100. The van der Waals surface area contributed by atoms with Crippen molar-refractivity contribution in [2.75, 3.05) is 19.0 Å². The van der Waals surface area contributed by atoms with Crippen LogP contribution in [0.1, 0.15) is 32.1 Å². The SMILES string of the molecule is C=C(CCl)CN1CC[C@@H]2CCCC[C@@H]21. The Kier molecular flexibility index (Phi) is 3.51. The average Bonchev–Trinajstić information content (AvgIpc) is 2.62. The molecular formula is C12H20ClN. The third-order valence-corrected chi connectivity index (χ3v) is 4.12. The maximum absolute atomic E-state index is 5.78. The molecule has 2 atom stereocenters. The lowest BCUT2D eigenvalue weighted by molar-refractivity contribution is 0.195. The molecule has 80 valence electrons. The molecule has 2 fully saturated rings. The largest absolute Gasteiger partial charge is 0.296 e. The smallest absolute Gasteiger partial charge is 0.0443 e. The summed E-state index contributed by atoms with van der Waals surface area (Å²) in [5, 5.41) is 0. The number of fused-ring (bicyclic) bond motifs is 1. The first-order valence-corrected chi connectivity index (χ1v) is 6.31. The van der Waals surface area contributed by atoms with Gasteiger partial charge in [0.25, 0.3) is 0 Å². The lowest BCUT2D eigenvalue weighted by atomic mass is 9.85. The van der Waals surface area contributed by atoms with E-state index in [1.165, 1.54) is 44.2 Å². The minimum absolute atomic E-state index is 0.619. The summed E-state index contributed by atoms with van der Waals surface area (Å²) in [6.45, 7) is 6.30. The molecule has 1 nitrogen and oxygen atoms in total. The minimum atomic E-state index is 0.619. The highest BCUT2D eigenvalue weighted by molar-refractivity contribution is 6.19. The van der Waals surface area contributed by atoms with Gasteiger partial charge >= 0.3 is 0 Å². The Balaban J connectivity index is 1.90. The molecule has 0 radical (unpaired) electrons. The molecule has 1 aliphatic carbocycles. The second-order valence-corrected chi connectivity index (χ2v) is 5.02. The predicted octanol–water partition coefficient (Wildman–Crippen LogP) is 3.05. The van der Waals surface area contributed by atoms with Crippen LogP contribution in [-0.2, 0) is 0 Å². The maximum Gasteiger partial charge on any atom is 0.0443 e. The van der Waals surface area contributed by atoms with Gasteiger partial charge in [-0.05, 0) is 37.3 Å². The van der Waals surface area contributed by atoms with Crippen LogP contribution in [-0.4, -0.2) is 29.9 Å². The molecule has 0 aromatic carbocycles. The van der Waals surface area contributed by atoms with Crippen molar-refractivity contribution in [1.29, 1.82) is 0 Å². The van der Waals surface area contributed by atoms with Crippen LogP contribution >= 0.6 is 11.6 Å². The Morgan fingerprint density at radius 1 is 1.29 bits per heavy atom. The van der Waals surface area contributed by atoms with E-state index < -0.39 is 0 Å². The molecule has 1 aliphatic heterocycles. The fourth-order valence-electron chi connectivity index (χ4n) is 3.03. The molecule has 0 bridgehead atoms. The van der Waals surface area contributed by atoms with Gasteiger partial charge in [0.15, 0.2) is 0 Å². The van der Waals surface area contributed by atoms with Crippen LogP contribution < -0.4 is 0 Å². The lowest BCUT2D eigenvalue weighted by Gasteiger charge is -2.31. The number of alkyl halides is 1. The van der Waals surface area contributed by atoms with Gasteiger partial charge in [-0.25, -0.2) is 0 Å². The first-order chi connectivity index (χ1) is 6.81. The highest BCUT2D eigenvalue weighted by Crippen LogP contribution is 2.36. The molecule has 1 saturated carbocycles. The summed E-state index contributed by atoms with van der Waals surface area (Å²) in [5.74, 6) is 1.60. The highest BCUT2D eigenvalue weighted by Gasteiger charge is 2.35. The van der Waals surface area contributed by atoms with E-state index in [1.54, 1.807) is 0 Å². The van der Waals surface area contributed by atoms with Crippen LogP contribution in [0.3, 0.4) is 0 Å². The molecule has 2 aliphatic rings. The van der Waals surface area contributed by atoms with Gasteiger partial charge in [0.05, 0.1) is 0 Å². The van der Waals surface area contributed by atoms with Crippen molar-refractivity contribution < 1.29 is 0 Å². The number of hydrogen-bond donors (Lipinski definition) is 0. The molecule has 0 unspecified atom stereocenters. The number of likely N-dealkylation sites (tertiary alicyclic amines) is 1. The van der Waals surface area contributed by atoms with Crippen LogP contribution in [0, 0.1) is 5.92 Å². The number of nitrogens with zero attached hydrogens (tertiary/aromatic N) is 1. The molecule has 0 aromatic rings. The Bertz CT molecular complexity index is 214. The summed E-state index contributed by atoms with van der Waals surface area (Å²) in [5.41, 5.74) is 1.18. The summed E-state index contributed by atoms with van der Waals surface area (Å²) in [6, 6.07) is 0.851. The van der Waals surface area contributed by atoms with Gasteiger partial charge < -0.3 is 0 Å². The highest BCUT2D eigenvalue weighted by atomic mass is 35.5. The van der Waals surface area contributed by atoms with Crippen molar-refractivity contribution in [1.82, 2.24) is 4.90 Å². The predicted molar refractivity (Wildman–Crippen MR) is 61.8 cm³/mol. The fraction of sp³-hybridized carbons (Fsp3) is 0.833. The zero-order chi connectivity index (χ0) is 9.97. The van der Waals surface area contributed by atoms with Crippen LogP contribution in [0.2, 0.25) is 0 Å². The summed E-state index contributed by atoms with van der Waals surface area (Å²) >= 11 is 5.78. The number of halogens is 1. The van der Waals surface area contributed by atoms with Gasteiger partial charge in [0, 0.05) is 18.5 Å². The second-order valence-electron chi connectivity index (χ2n) is 4.75. The molecule has 1 heterocycles. The van der Waals surface area contributed by atoms with Gasteiger partial charge in [-0.3, -0.25) is 4.90 Å². The molecule has 0 spiro atoms. The van der Waals surface area contributed by atoms with Gasteiger partial charge in [-0.1, -0.05) is 19.4 Å². The van der Waals surface area contributed by atoms with E-state index >= 15 is 0 Å². The Morgan fingerprint density at radius 3 is 2.86 bits per heavy atom. The fourth-order valence-corrected chi connectivity index (χ4v) is 3.11. The second kappa shape index (κ2) is 4.67. The number of rotatable bonds is 3. The summed E-state index contributed by atoms with van der Waals surface area (Å²) in [7, 11) is 0. The topological polar surface area (TPSA) is 3.24 Å². The molecule has 2 heteroatoms. The van der Waals surface area contributed by atoms with Gasteiger partial charge in [0.1, 0.15) is 0 Å². The van der Waals surface area contributed by atoms with Crippen LogP contribution in [0.15, 0.2) is 12.2 Å². The van der Waals surface area contributed by atoms with Crippen LogP contribution in [0.25, 0.3) is 0 Å². The Morgan fingerprint density at radius 2 is 2.07 bits per heavy atom. The lowest BCUT2D eigenvalue weighted by Crippen LogP contribution is -2.36. The van der Waals surface area contributed by atoms with Crippen LogP contribution in [0.4, 0.5) is 0 Å². The zero-order valence-electron chi connectivity index (χ0n) is 8.84. The molecule has 2 rings (SSSR count). The quantitative estimate of drug-likeness (QED) is 0.515. The van der Waals surface area contributed by atoms with Crippen molar-refractivity contribution in [3.8, 4) is 0 Å². The molecular weight excluding hydrogens is 194 g/mol. The van der Waals surface area contributed by atoms with E-state index in [2.05, 4.69) is 11.5 Å². The van der Waals surface area contributed by atoms with E-state index in [0.717, 1.165) is 18.5 Å². The van der Waals surface area contributed by atoms with E-state index in [4.69, 9.17) is 11.6 Å². The molecule has 0 aromatic heterocycles. The third kappa shape index (κ3) is 2.14. The van der Waals surface area contributed by atoms with E-state index in [0.29, 0.717) is 5.88 Å². The van der Waals surface area contributed by atoms with Crippen molar-refractivity contribution in [2.45, 2.75) is 38.1 Å². The molecule has 0 amide bonds. The van der Waals surface area contributed by atoms with E-state index in [-0.39, 0.29) is 0 Å².